The molecule has 0 spiro atoms. The van der Waals surface area contributed by atoms with Crippen molar-refractivity contribution in [3.63, 3.8) is 0 Å². The van der Waals surface area contributed by atoms with Crippen molar-refractivity contribution in [1.82, 2.24) is 10.6 Å². The predicted molar refractivity (Wildman–Crippen MR) is 102 cm³/mol. The van der Waals surface area contributed by atoms with Crippen LogP contribution in [0.2, 0.25) is 0 Å². The van der Waals surface area contributed by atoms with Crippen LogP contribution < -0.4 is 10.6 Å². The van der Waals surface area contributed by atoms with Gasteiger partial charge in [0.05, 0.1) is 13.2 Å². The molecule has 0 bridgehead atoms. The van der Waals surface area contributed by atoms with E-state index in [1.54, 1.807) is 11.8 Å². The minimum atomic E-state index is -0.572. The monoisotopic (exact) mass is 397 g/mol. The van der Waals surface area contributed by atoms with Crippen LogP contribution >= 0.6 is 23.5 Å². The highest BCUT2D eigenvalue weighted by molar-refractivity contribution is 8.03. The van der Waals surface area contributed by atoms with Gasteiger partial charge in [-0.05, 0) is 29.6 Å². The first-order valence-electron chi connectivity index (χ1n) is 8.29. The average molecular weight is 397 g/mol. The summed E-state index contributed by atoms with van der Waals surface area (Å²) in [6.07, 6.45) is 1.79. The Bertz CT molecular complexity index is 691. The number of benzene rings is 1. The van der Waals surface area contributed by atoms with Gasteiger partial charge in [0.2, 0.25) is 0 Å². The summed E-state index contributed by atoms with van der Waals surface area (Å²) >= 11 is 2.61. The van der Waals surface area contributed by atoms with E-state index in [0.717, 1.165) is 28.8 Å². The summed E-state index contributed by atoms with van der Waals surface area (Å²) in [5.74, 6) is 0.530. The van der Waals surface area contributed by atoms with Crippen molar-refractivity contribution in [2.24, 2.45) is 5.16 Å². The van der Waals surface area contributed by atoms with Crippen molar-refractivity contribution in [2.75, 3.05) is 19.0 Å². The van der Waals surface area contributed by atoms with E-state index < -0.39 is 11.4 Å². The fourth-order valence-corrected chi connectivity index (χ4v) is 3.73. The molecule has 1 aromatic carbocycles. The first-order chi connectivity index (χ1) is 12.7. The molecule has 0 saturated carbocycles. The van der Waals surface area contributed by atoms with Gasteiger partial charge in [0.25, 0.3) is 5.91 Å². The summed E-state index contributed by atoms with van der Waals surface area (Å²) < 4.78 is 18.4. The van der Waals surface area contributed by atoms with Gasteiger partial charge in [-0.2, -0.15) is 4.39 Å². The second-order valence-electron chi connectivity index (χ2n) is 5.57. The lowest BCUT2D eigenvalue weighted by molar-refractivity contribution is -0.115. The number of hydrogen-bond donors (Lipinski definition) is 2. The Morgan fingerprint density at radius 2 is 2.31 bits per heavy atom. The fourth-order valence-electron chi connectivity index (χ4n) is 2.40. The Kier molecular flexibility index (Phi) is 6.81. The molecule has 2 atom stereocenters. The molecule has 6 nitrogen and oxygen atoms in total. The molecule has 0 aliphatic carbocycles. The van der Waals surface area contributed by atoms with Crippen LogP contribution in [0.25, 0.3) is 0 Å². The number of oxime groups is 1. The van der Waals surface area contributed by atoms with Gasteiger partial charge in [0.1, 0.15) is 0 Å². The smallest absolute Gasteiger partial charge is 0.276 e. The van der Waals surface area contributed by atoms with E-state index in [1.165, 1.54) is 6.20 Å². The standard InChI is InChI=1S/C17H20FN3O3S2/c1-2-25-13-5-3-11(4-6-13)15(21-24-12-7-8-23-10-12)16(22)20-17-19-9-14(18)26-17/h3-6,9,12,17,19H,2,7-8,10H2,1H3,(H,20,22)/b21-15+/t12-,17?/m1/s1. The van der Waals surface area contributed by atoms with Gasteiger partial charge in [-0.25, -0.2) is 0 Å². The molecule has 2 aliphatic heterocycles. The number of carbonyl (C=O) groups is 1. The molecule has 1 fully saturated rings. The Morgan fingerprint density at radius 3 is 2.92 bits per heavy atom. The minimum Gasteiger partial charge on any atom is -0.389 e. The molecular formula is C17H20FN3O3S2. The molecule has 140 valence electrons. The molecule has 1 aromatic rings. The molecule has 1 unspecified atom stereocenters. The summed E-state index contributed by atoms with van der Waals surface area (Å²) in [6, 6.07) is 7.54. The number of nitrogens with zero attached hydrogens (tertiary/aromatic N) is 1. The molecule has 2 N–H and O–H groups in total. The number of rotatable bonds is 7. The third kappa shape index (κ3) is 5.15. The topological polar surface area (TPSA) is 72.0 Å². The zero-order valence-electron chi connectivity index (χ0n) is 14.2. The van der Waals surface area contributed by atoms with Crippen molar-refractivity contribution in [3.05, 3.63) is 41.2 Å². The quantitative estimate of drug-likeness (QED) is 0.419. The van der Waals surface area contributed by atoms with Crippen LogP contribution in [-0.4, -0.2) is 42.2 Å². The van der Waals surface area contributed by atoms with E-state index in [4.69, 9.17) is 9.57 Å². The molecule has 0 aromatic heterocycles. The highest BCUT2D eigenvalue weighted by atomic mass is 32.2. The van der Waals surface area contributed by atoms with E-state index in [2.05, 4.69) is 22.7 Å². The van der Waals surface area contributed by atoms with Gasteiger partial charge in [0.15, 0.2) is 22.5 Å². The van der Waals surface area contributed by atoms with Crippen LogP contribution in [0, 0.1) is 0 Å². The molecule has 2 heterocycles. The summed E-state index contributed by atoms with van der Waals surface area (Å²) in [4.78, 5) is 19.3. The maximum absolute atomic E-state index is 13.2. The molecule has 0 radical (unpaired) electrons. The summed E-state index contributed by atoms with van der Waals surface area (Å²) in [6.45, 7) is 3.16. The maximum atomic E-state index is 13.2. The van der Waals surface area contributed by atoms with E-state index in [9.17, 15) is 9.18 Å². The van der Waals surface area contributed by atoms with Gasteiger partial charge < -0.3 is 20.2 Å². The van der Waals surface area contributed by atoms with Crippen molar-refractivity contribution in [2.45, 2.75) is 29.8 Å². The fraction of sp³-hybridized carbons (Fsp3) is 0.412. The van der Waals surface area contributed by atoms with Crippen molar-refractivity contribution < 1.29 is 18.8 Å². The van der Waals surface area contributed by atoms with Crippen LogP contribution in [0.1, 0.15) is 18.9 Å². The number of nitrogens with one attached hydrogen (secondary N) is 2. The Hall–Kier alpha value is -1.71. The lowest BCUT2D eigenvalue weighted by Gasteiger charge is -2.14. The second kappa shape index (κ2) is 9.29. The zero-order chi connectivity index (χ0) is 18.4. The molecule has 26 heavy (non-hydrogen) atoms. The molecular weight excluding hydrogens is 377 g/mol. The number of carbonyl (C=O) groups excluding carboxylic acids is 1. The number of hydrogen-bond acceptors (Lipinski definition) is 7. The molecule has 3 rings (SSSR count). The van der Waals surface area contributed by atoms with Crippen molar-refractivity contribution in [1.29, 1.82) is 0 Å². The van der Waals surface area contributed by atoms with Crippen molar-refractivity contribution in [3.8, 4) is 0 Å². The summed E-state index contributed by atoms with van der Waals surface area (Å²) in [7, 11) is 0. The highest BCUT2D eigenvalue weighted by Crippen LogP contribution is 2.24. The first-order valence-corrected chi connectivity index (χ1v) is 10.2. The van der Waals surface area contributed by atoms with Gasteiger partial charge >= 0.3 is 0 Å². The highest BCUT2D eigenvalue weighted by Gasteiger charge is 2.24. The average Bonchev–Trinajstić information content (AvgIpc) is 3.28. The van der Waals surface area contributed by atoms with Crippen LogP contribution in [-0.2, 0) is 14.4 Å². The third-order valence-corrected chi connectivity index (χ3v) is 5.40. The van der Waals surface area contributed by atoms with Crippen LogP contribution in [0.15, 0.2) is 45.7 Å². The van der Waals surface area contributed by atoms with Crippen LogP contribution in [0.4, 0.5) is 4.39 Å². The Morgan fingerprint density at radius 1 is 1.50 bits per heavy atom. The summed E-state index contributed by atoms with van der Waals surface area (Å²) in [5.41, 5.74) is 0.218. The van der Waals surface area contributed by atoms with Crippen LogP contribution in [0.3, 0.4) is 0 Å². The zero-order valence-corrected chi connectivity index (χ0v) is 15.9. The van der Waals surface area contributed by atoms with E-state index >= 15 is 0 Å². The van der Waals surface area contributed by atoms with Gasteiger partial charge in [0, 0.05) is 23.1 Å². The summed E-state index contributed by atoms with van der Waals surface area (Å²) in [5, 5.41) is 9.14. The molecule has 9 heteroatoms. The lowest BCUT2D eigenvalue weighted by Crippen LogP contribution is -2.42. The third-order valence-electron chi connectivity index (χ3n) is 3.68. The van der Waals surface area contributed by atoms with E-state index in [1.807, 2.05) is 24.3 Å². The van der Waals surface area contributed by atoms with Crippen molar-refractivity contribution >= 4 is 35.1 Å². The first kappa shape index (κ1) is 19.1. The molecule has 1 saturated heterocycles. The Balaban J connectivity index is 1.73. The normalized spacial score (nSPS) is 22.7. The van der Waals surface area contributed by atoms with E-state index in [-0.39, 0.29) is 17.0 Å². The van der Waals surface area contributed by atoms with E-state index in [0.29, 0.717) is 18.8 Å². The van der Waals surface area contributed by atoms with Gasteiger partial charge in [-0.15, -0.1) is 11.8 Å². The minimum absolute atomic E-state index is 0.152. The molecule has 2 aliphatic rings. The lowest BCUT2D eigenvalue weighted by atomic mass is 10.1. The molecule has 1 amide bonds. The van der Waals surface area contributed by atoms with Gasteiger partial charge in [-0.1, -0.05) is 24.2 Å². The number of ether oxygens (including phenoxy) is 1. The predicted octanol–water partition coefficient (Wildman–Crippen LogP) is 2.81. The van der Waals surface area contributed by atoms with Gasteiger partial charge in [-0.3, -0.25) is 4.79 Å². The maximum Gasteiger partial charge on any atom is 0.276 e. The number of halogens is 1. The SMILES string of the molecule is CCSc1ccc(/C(=N\O[C@@H]2CCOC2)C(=O)NC2NC=C(F)S2)cc1. The largest absolute Gasteiger partial charge is 0.389 e. The second-order valence-corrected chi connectivity index (χ2v) is 8.01. The Labute approximate surface area is 159 Å². The number of amides is 1. The number of thioether (sulfide) groups is 2. The van der Waals surface area contributed by atoms with Crippen LogP contribution in [0.5, 0.6) is 0 Å².